The lowest BCUT2D eigenvalue weighted by atomic mass is 10.2. The Morgan fingerprint density at radius 2 is 1.59 bits per heavy atom. The first-order chi connectivity index (χ1) is 8.36. The number of allylic oxidation sites excluding steroid dienone is 1. The van der Waals surface area contributed by atoms with Gasteiger partial charge < -0.3 is 0 Å². The summed E-state index contributed by atoms with van der Waals surface area (Å²) < 4.78 is 0. The first-order valence-corrected chi connectivity index (χ1v) is 5.85. The van der Waals surface area contributed by atoms with Crippen molar-refractivity contribution >= 4 is 30.6 Å². The second-order valence-corrected chi connectivity index (χ2v) is 4.02. The van der Waals surface area contributed by atoms with E-state index in [1.54, 1.807) is 6.21 Å². The fourth-order valence-electron chi connectivity index (χ4n) is 1.41. The average molecular weight is 239 g/mol. The zero-order chi connectivity index (χ0) is 11.9. The Morgan fingerprint density at radius 3 is 2.35 bits per heavy atom. The molecule has 0 heterocycles. The van der Waals surface area contributed by atoms with Gasteiger partial charge in [-0.1, -0.05) is 48.5 Å². The summed E-state index contributed by atoms with van der Waals surface area (Å²) in [4.78, 5) is 5.22. The molecule has 0 saturated carbocycles. The van der Waals surface area contributed by atoms with Crippen molar-refractivity contribution in [2.45, 2.75) is 4.90 Å². The molecule has 0 atom stereocenters. The van der Waals surface area contributed by atoms with Gasteiger partial charge in [0.25, 0.3) is 0 Å². The van der Waals surface area contributed by atoms with Gasteiger partial charge in [-0.15, -0.1) is 12.6 Å². The first-order valence-electron chi connectivity index (χ1n) is 5.40. The van der Waals surface area contributed by atoms with Crippen LogP contribution in [0, 0.1) is 0 Å². The summed E-state index contributed by atoms with van der Waals surface area (Å²) in [5, 5.41) is 0. The maximum Gasteiger partial charge on any atom is 0.0762 e. The number of hydrogen-bond donors (Lipinski definition) is 1. The van der Waals surface area contributed by atoms with Gasteiger partial charge in [-0.3, -0.25) is 4.99 Å². The van der Waals surface area contributed by atoms with Crippen molar-refractivity contribution in [3.63, 3.8) is 0 Å². The molecular formula is C15H13NS. The van der Waals surface area contributed by atoms with Crippen LogP contribution in [0.4, 0.5) is 5.69 Å². The number of aliphatic imine (C=N–C) groups is 1. The van der Waals surface area contributed by atoms with E-state index >= 15 is 0 Å². The molecule has 2 aromatic rings. The van der Waals surface area contributed by atoms with Gasteiger partial charge in [0, 0.05) is 11.1 Å². The van der Waals surface area contributed by atoms with Gasteiger partial charge in [-0.2, -0.15) is 0 Å². The maximum absolute atomic E-state index is 4.33. The van der Waals surface area contributed by atoms with Gasteiger partial charge in [0.2, 0.25) is 0 Å². The van der Waals surface area contributed by atoms with Gasteiger partial charge in [0.1, 0.15) is 0 Å². The van der Waals surface area contributed by atoms with Gasteiger partial charge in [0.15, 0.2) is 0 Å². The Labute approximate surface area is 107 Å². The molecule has 0 radical (unpaired) electrons. The van der Waals surface area contributed by atoms with Crippen molar-refractivity contribution in [2.75, 3.05) is 0 Å². The number of rotatable bonds is 3. The van der Waals surface area contributed by atoms with Crippen LogP contribution in [-0.4, -0.2) is 6.21 Å². The summed E-state index contributed by atoms with van der Waals surface area (Å²) in [6, 6.07) is 17.9. The van der Waals surface area contributed by atoms with Crippen LogP contribution >= 0.6 is 12.6 Å². The summed E-state index contributed by atoms with van der Waals surface area (Å²) in [7, 11) is 0. The molecule has 2 rings (SSSR count). The molecule has 1 nitrogen and oxygen atoms in total. The highest BCUT2D eigenvalue weighted by molar-refractivity contribution is 7.80. The number of hydrogen-bond acceptors (Lipinski definition) is 2. The smallest absolute Gasteiger partial charge is 0.0762 e. The summed E-state index contributed by atoms with van der Waals surface area (Å²) in [6.07, 6.45) is 5.72. The molecule has 2 heteroatoms. The summed E-state index contributed by atoms with van der Waals surface area (Å²) in [5.41, 5.74) is 2.05. The van der Waals surface area contributed by atoms with Crippen molar-refractivity contribution < 1.29 is 0 Å². The lowest BCUT2D eigenvalue weighted by Crippen LogP contribution is -1.71. The minimum atomic E-state index is 0.883. The molecule has 0 aliphatic rings. The molecule has 0 aliphatic carbocycles. The highest BCUT2D eigenvalue weighted by atomic mass is 32.1. The Bertz CT molecular complexity index is 530. The van der Waals surface area contributed by atoms with Crippen LogP contribution < -0.4 is 0 Å². The SMILES string of the molecule is Sc1ccccc1N=C/C=C/c1ccccc1. The highest BCUT2D eigenvalue weighted by Crippen LogP contribution is 2.21. The number of thiol groups is 1. The van der Waals surface area contributed by atoms with Crippen molar-refractivity contribution in [3.05, 3.63) is 66.2 Å². The third kappa shape index (κ3) is 3.61. The Balaban J connectivity index is 2.04. The molecular weight excluding hydrogens is 226 g/mol. The first kappa shape index (κ1) is 11.7. The molecule has 0 aromatic heterocycles. The van der Waals surface area contributed by atoms with Crippen LogP contribution in [0.25, 0.3) is 6.08 Å². The monoisotopic (exact) mass is 239 g/mol. The third-order valence-corrected chi connectivity index (χ3v) is 2.65. The molecule has 0 N–H and O–H groups in total. The molecule has 0 aliphatic heterocycles. The number of nitrogens with zero attached hydrogens (tertiary/aromatic N) is 1. The molecule has 0 amide bonds. The van der Waals surface area contributed by atoms with Crippen molar-refractivity contribution in [1.29, 1.82) is 0 Å². The van der Waals surface area contributed by atoms with Gasteiger partial charge in [-0.25, -0.2) is 0 Å². The molecule has 17 heavy (non-hydrogen) atoms. The Hall–Kier alpha value is -1.80. The number of para-hydroxylation sites is 1. The van der Waals surface area contributed by atoms with E-state index in [1.807, 2.05) is 54.6 Å². The molecule has 84 valence electrons. The standard InChI is InChI=1S/C15H13NS/c17-15-11-5-4-10-14(15)16-12-6-9-13-7-2-1-3-8-13/h1-12,17H/b9-6+,16-12?. The van der Waals surface area contributed by atoms with E-state index in [1.165, 1.54) is 0 Å². The van der Waals surface area contributed by atoms with Gasteiger partial charge >= 0.3 is 0 Å². The molecule has 0 bridgehead atoms. The predicted molar refractivity (Wildman–Crippen MR) is 77.3 cm³/mol. The van der Waals surface area contributed by atoms with E-state index in [2.05, 4.69) is 29.8 Å². The Morgan fingerprint density at radius 1 is 0.882 bits per heavy atom. The maximum atomic E-state index is 4.33. The fourth-order valence-corrected chi connectivity index (χ4v) is 1.63. The van der Waals surface area contributed by atoms with Crippen LogP contribution in [0.15, 0.2) is 70.6 Å². The van der Waals surface area contributed by atoms with Gasteiger partial charge in [0.05, 0.1) is 5.69 Å². The normalized spacial score (nSPS) is 11.4. The summed E-state index contributed by atoms with van der Waals surface area (Å²) >= 11 is 4.33. The van der Waals surface area contributed by atoms with Crippen molar-refractivity contribution in [1.82, 2.24) is 0 Å². The lowest BCUT2D eigenvalue weighted by Gasteiger charge is -1.95. The van der Waals surface area contributed by atoms with Gasteiger partial charge in [-0.05, 0) is 23.8 Å². The predicted octanol–water partition coefficient (Wildman–Crippen LogP) is 4.39. The topological polar surface area (TPSA) is 12.4 Å². The third-order valence-electron chi connectivity index (χ3n) is 2.27. The minimum absolute atomic E-state index is 0.883. The minimum Gasteiger partial charge on any atom is -0.256 e. The molecule has 0 saturated heterocycles. The second kappa shape index (κ2) is 6.06. The Kier molecular flexibility index (Phi) is 4.17. The molecule has 0 fully saturated rings. The quantitative estimate of drug-likeness (QED) is 0.602. The zero-order valence-corrected chi connectivity index (χ0v) is 10.2. The average Bonchev–Trinajstić information content (AvgIpc) is 2.38. The molecule has 0 spiro atoms. The van der Waals surface area contributed by atoms with Crippen LogP contribution in [0.5, 0.6) is 0 Å². The van der Waals surface area contributed by atoms with Crippen LogP contribution in [0.3, 0.4) is 0 Å². The van der Waals surface area contributed by atoms with E-state index in [0.717, 1.165) is 16.1 Å². The highest BCUT2D eigenvalue weighted by Gasteiger charge is 1.91. The van der Waals surface area contributed by atoms with E-state index in [0.29, 0.717) is 0 Å². The van der Waals surface area contributed by atoms with Crippen LogP contribution in [0.1, 0.15) is 5.56 Å². The zero-order valence-electron chi connectivity index (χ0n) is 9.32. The molecule has 0 unspecified atom stereocenters. The van der Waals surface area contributed by atoms with Crippen LogP contribution in [0.2, 0.25) is 0 Å². The summed E-state index contributed by atoms with van der Waals surface area (Å²) in [6.45, 7) is 0. The van der Waals surface area contributed by atoms with Crippen molar-refractivity contribution in [2.24, 2.45) is 4.99 Å². The van der Waals surface area contributed by atoms with E-state index in [-0.39, 0.29) is 0 Å². The fraction of sp³-hybridized carbons (Fsp3) is 0. The largest absolute Gasteiger partial charge is 0.256 e. The lowest BCUT2D eigenvalue weighted by molar-refractivity contribution is 1.39. The van der Waals surface area contributed by atoms with E-state index in [9.17, 15) is 0 Å². The van der Waals surface area contributed by atoms with E-state index < -0.39 is 0 Å². The number of benzene rings is 2. The second-order valence-electron chi connectivity index (χ2n) is 3.54. The van der Waals surface area contributed by atoms with E-state index in [4.69, 9.17) is 0 Å². The summed E-state index contributed by atoms with van der Waals surface area (Å²) in [5.74, 6) is 0. The van der Waals surface area contributed by atoms with Crippen molar-refractivity contribution in [3.8, 4) is 0 Å². The van der Waals surface area contributed by atoms with Crippen LogP contribution in [-0.2, 0) is 0 Å². The molecule has 2 aromatic carbocycles.